The highest BCUT2D eigenvalue weighted by molar-refractivity contribution is 9.10. The number of rotatable bonds is 9. The van der Waals surface area contributed by atoms with Gasteiger partial charge in [0.25, 0.3) is 11.5 Å². The van der Waals surface area contributed by atoms with E-state index in [2.05, 4.69) is 21.2 Å². The fourth-order valence-corrected chi connectivity index (χ4v) is 4.60. The smallest absolute Gasteiger partial charge is 0.355 e. The van der Waals surface area contributed by atoms with Gasteiger partial charge in [-0.15, -0.1) is 0 Å². The Morgan fingerprint density at radius 2 is 1.68 bits per heavy atom. The molecule has 1 heterocycles. The largest absolute Gasteiger partial charge is 0.464 e. The maximum atomic E-state index is 13.7. The van der Waals surface area contributed by atoms with E-state index < -0.39 is 5.97 Å². The molecule has 0 saturated heterocycles. The molecule has 0 aliphatic heterocycles. The molecule has 1 N–H and O–H groups in total. The number of carbonyl (C=O) groups is 2. The van der Waals surface area contributed by atoms with E-state index in [1.165, 1.54) is 11.7 Å². The molecular formula is C29H27BrN2O5. The number of fused-ring (bicyclic) bond motifs is 1. The molecule has 1 amide bonds. The summed E-state index contributed by atoms with van der Waals surface area (Å²) >= 11 is 3.49. The van der Waals surface area contributed by atoms with E-state index in [0.29, 0.717) is 35.1 Å². The number of pyridine rings is 1. The second-order valence-electron chi connectivity index (χ2n) is 8.46. The molecule has 4 aromatic rings. The Kier molecular flexibility index (Phi) is 8.53. The summed E-state index contributed by atoms with van der Waals surface area (Å²) in [5.74, 6) is -0.789. The van der Waals surface area contributed by atoms with Crippen LogP contribution < -0.4 is 10.9 Å². The molecule has 37 heavy (non-hydrogen) atoms. The van der Waals surface area contributed by atoms with Gasteiger partial charge in [-0.05, 0) is 53.3 Å². The standard InChI is InChI=1S/C29H27BrN2O5/c1-36-16-6-15-31-27(33)21-11-9-19(10-12-21)18-32-26(29(35)37-2)25(20-7-4-3-5-8-20)24-17-22(30)13-14-23(24)28(32)34/h3-5,7-14,17H,6,15-16,18H2,1-2H3,(H,31,33). The van der Waals surface area contributed by atoms with Gasteiger partial charge in [0.05, 0.1) is 13.7 Å². The van der Waals surface area contributed by atoms with E-state index in [-0.39, 0.29) is 23.7 Å². The Morgan fingerprint density at radius 3 is 2.35 bits per heavy atom. The maximum absolute atomic E-state index is 13.7. The Bertz CT molecular complexity index is 1480. The third kappa shape index (κ3) is 5.81. The van der Waals surface area contributed by atoms with Gasteiger partial charge in [0.1, 0.15) is 5.69 Å². The van der Waals surface area contributed by atoms with E-state index in [9.17, 15) is 14.4 Å². The van der Waals surface area contributed by atoms with E-state index in [1.807, 2.05) is 36.4 Å². The van der Waals surface area contributed by atoms with Gasteiger partial charge in [-0.3, -0.25) is 14.2 Å². The van der Waals surface area contributed by atoms with E-state index in [0.717, 1.165) is 22.0 Å². The number of nitrogens with zero attached hydrogens (tertiary/aromatic N) is 1. The van der Waals surface area contributed by atoms with Gasteiger partial charge in [0.2, 0.25) is 0 Å². The summed E-state index contributed by atoms with van der Waals surface area (Å²) in [6.07, 6.45) is 0.724. The van der Waals surface area contributed by atoms with Crippen molar-refractivity contribution in [1.29, 1.82) is 0 Å². The van der Waals surface area contributed by atoms with E-state index in [4.69, 9.17) is 9.47 Å². The number of methoxy groups -OCH3 is 2. The van der Waals surface area contributed by atoms with Crippen molar-refractivity contribution in [3.63, 3.8) is 0 Å². The lowest BCUT2D eigenvalue weighted by molar-refractivity contribution is 0.0588. The minimum Gasteiger partial charge on any atom is -0.464 e. The molecule has 0 atom stereocenters. The number of hydrogen-bond donors (Lipinski definition) is 1. The normalized spacial score (nSPS) is 10.9. The van der Waals surface area contributed by atoms with Crippen LogP contribution in [-0.4, -0.2) is 43.8 Å². The average Bonchev–Trinajstić information content (AvgIpc) is 2.92. The molecule has 0 radical (unpaired) electrons. The quantitative estimate of drug-likeness (QED) is 0.228. The molecule has 190 valence electrons. The third-order valence-corrected chi connectivity index (χ3v) is 6.54. The van der Waals surface area contributed by atoms with Crippen molar-refractivity contribution < 1.29 is 19.1 Å². The highest BCUT2D eigenvalue weighted by Gasteiger charge is 2.24. The molecule has 0 aliphatic carbocycles. The number of hydrogen-bond acceptors (Lipinski definition) is 5. The van der Waals surface area contributed by atoms with Gasteiger partial charge in [-0.2, -0.15) is 0 Å². The van der Waals surface area contributed by atoms with E-state index in [1.54, 1.807) is 43.5 Å². The number of amides is 1. The SMILES string of the molecule is COCCCNC(=O)c1ccc(Cn2c(C(=O)OC)c(-c3ccccc3)c3cc(Br)ccc3c2=O)cc1. The molecule has 1 aromatic heterocycles. The molecule has 7 nitrogen and oxygen atoms in total. The zero-order valence-electron chi connectivity index (χ0n) is 20.6. The van der Waals surface area contributed by atoms with Crippen molar-refractivity contribution in [2.24, 2.45) is 0 Å². The van der Waals surface area contributed by atoms with Gasteiger partial charge in [0.15, 0.2) is 0 Å². The summed E-state index contributed by atoms with van der Waals surface area (Å²) in [7, 11) is 2.92. The first-order valence-electron chi connectivity index (χ1n) is 11.8. The number of esters is 1. The molecule has 0 spiro atoms. The zero-order valence-corrected chi connectivity index (χ0v) is 22.2. The van der Waals surface area contributed by atoms with Crippen LogP contribution >= 0.6 is 15.9 Å². The lowest BCUT2D eigenvalue weighted by atomic mass is 9.96. The fourth-order valence-electron chi connectivity index (χ4n) is 4.24. The summed E-state index contributed by atoms with van der Waals surface area (Å²) in [6.45, 7) is 1.22. The van der Waals surface area contributed by atoms with Crippen LogP contribution in [0.4, 0.5) is 0 Å². The second kappa shape index (κ2) is 12.0. The third-order valence-electron chi connectivity index (χ3n) is 6.04. The summed E-state index contributed by atoms with van der Waals surface area (Å²) in [4.78, 5) is 39.2. The molecule has 0 saturated carbocycles. The van der Waals surface area contributed by atoms with Crippen molar-refractivity contribution in [3.8, 4) is 11.1 Å². The molecule has 0 unspecified atom stereocenters. The molecule has 0 fully saturated rings. The Hall–Kier alpha value is -3.75. The summed E-state index contributed by atoms with van der Waals surface area (Å²) in [6, 6.07) is 21.8. The van der Waals surface area contributed by atoms with E-state index >= 15 is 0 Å². The predicted octanol–water partition coefficient (Wildman–Crippen LogP) is 5.03. The van der Waals surface area contributed by atoms with Crippen LogP contribution in [0.3, 0.4) is 0 Å². The number of benzene rings is 3. The predicted molar refractivity (Wildman–Crippen MR) is 147 cm³/mol. The van der Waals surface area contributed by atoms with Gasteiger partial charge < -0.3 is 14.8 Å². The second-order valence-corrected chi connectivity index (χ2v) is 9.38. The first-order chi connectivity index (χ1) is 17.9. The topological polar surface area (TPSA) is 86.6 Å². The summed E-state index contributed by atoms with van der Waals surface area (Å²) in [5.41, 5.74) is 2.55. The molecular weight excluding hydrogens is 536 g/mol. The van der Waals surface area contributed by atoms with Gasteiger partial charge in [-0.25, -0.2) is 4.79 Å². The van der Waals surface area contributed by atoms with Crippen LogP contribution in [0, 0.1) is 0 Å². The number of aromatic nitrogens is 1. The summed E-state index contributed by atoms with van der Waals surface area (Å²) in [5, 5.41) is 4.00. The number of halogens is 1. The lowest BCUT2D eigenvalue weighted by Gasteiger charge is -2.19. The van der Waals surface area contributed by atoms with Crippen LogP contribution in [0.15, 0.2) is 82.1 Å². The van der Waals surface area contributed by atoms with Crippen LogP contribution in [-0.2, 0) is 16.0 Å². The number of carbonyl (C=O) groups excluding carboxylic acids is 2. The Morgan fingerprint density at radius 1 is 0.946 bits per heavy atom. The van der Waals surface area contributed by atoms with Crippen molar-refractivity contribution >= 4 is 38.6 Å². The molecule has 4 rings (SSSR count). The Labute approximate surface area is 223 Å². The summed E-state index contributed by atoms with van der Waals surface area (Å²) < 4.78 is 12.4. The van der Waals surface area contributed by atoms with Gasteiger partial charge in [-0.1, -0.05) is 58.4 Å². The van der Waals surface area contributed by atoms with Crippen LogP contribution in [0.5, 0.6) is 0 Å². The van der Waals surface area contributed by atoms with Crippen molar-refractivity contribution in [1.82, 2.24) is 9.88 Å². The first kappa shape index (κ1) is 26.3. The number of nitrogens with one attached hydrogen (secondary N) is 1. The lowest BCUT2D eigenvalue weighted by Crippen LogP contribution is -2.28. The zero-order chi connectivity index (χ0) is 26.4. The van der Waals surface area contributed by atoms with Gasteiger partial charge >= 0.3 is 5.97 Å². The average molecular weight is 563 g/mol. The van der Waals surface area contributed by atoms with Crippen molar-refractivity contribution in [2.75, 3.05) is 27.4 Å². The minimum atomic E-state index is -0.607. The molecule has 0 aliphatic rings. The van der Waals surface area contributed by atoms with Gasteiger partial charge in [0, 0.05) is 41.2 Å². The number of ether oxygens (including phenoxy) is 2. The van der Waals surface area contributed by atoms with Crippen molar-refractivity contribution in [2.45, 2.75) is 13.0 Å². The van der Waals surface area contributed by atoms with Crippen LogP contribution in [0.1, 0.15) is 32.8 Å². The first-order valence-corrected chi connectivity index (χ1v) is 12.6. The molecule has 0 bridgehead atoms. The minimum absolute atomic E-state index is 0.130. The highest BCUT2D eigenvalue weighted by Crippen LogP contribution is 2.33. The van der Waals surface area contributed by atoms with Crippen molar-refractivity contribution in [3.05, 3.63) is 104 Å². The Balaban J connectivity index is 1.79. The van der Waals surface area contributed by atoms with Crippen LogP contribution in [0.25, 0.3) is 21.9 Å². The molecule has 8 heteroatoms. The highest BCUT2D eigenvalue weighted by atomic mass is 79.9. The maximum Gasteiger partial charge on any atom is 0.355 e. The fraction of sp³-hybridized carbons (Fsp3) is 0.207. The van der Waals surface area contributed by atoms with Crippen LogP contribution in [0.2, 0.25) is 0 Å². The monoisotopic (exact) mass is 562 g/mol. The molecule has 3 aromatic carbocycles.